The van der Waals surface area contributed by atoms with Crippen LogP contribution in [-0.2, 0) is 59.2 Å². The monoisotopic (exact) mass is 1330 g/mol. The van der Waals surface area contributed by atoms with Gasteiger partial charge in [-0.05, 0) is 127 Å². The molecule has 0 aromatic heterocycles. The summed E-state index contributed by atoms with van der Waals surface area (Å²) in [6.07, 6.45) is -0.324. The molecule has 94 heavy (non-hydrogen) atoms. The zero-order valence-electron chi connectivity index (χ0n) is 52.7. The first kappa shape index (κ1) is 82.1. The van der Waals surface area contributed by atoms with E-state index < -0.39 is 145 Å². The van der Waals surface area contributed by atoms with Crippen molar-refractivity contribution in [1.29, 1.82) is 0 Å². The maximum atomic E-state index is 14.6. The van der Waals surface area contributed by atoms with Gasteiger partial charge in [0.1, 0.15) is 60.1 Å². The number of benzene rings is 1. The van der Waals surface area contributed by atoms with Gasteiger partial charge in [0, 0.05) is 39.0 Å². The van der Waals surface area contributed by atoms with E-state index in [1.807, 2.05) is 0 Å². The van der Waals surface area contributed by atoms with E-state index in [0.717, 1.165) is 0 Å². The number of rotatable bonds is 49. The second-order valence-electron chi connectivity index (χ2n) is 21.6. The minimum atomic E-state index is -1.60. The smallest absolute Gasteiger partial charge is 0.326 e. The number of aliphatic hydroxyl groups is 1. The number of carboxylic acid groups (broad SMARTS) is 1. The van der Waals surface area contributed by atoms with Crippen LogP contribution in [0.1, 0.15) is 108 Å². The molecule has 0 saturated carbocycles. The first-order chi connectivity index (χ1) is 44.5. The topological polar surface area (TPSA) is 718 Å². The predicted molar refractivity (Wildman–Crippen MR) is 347 cm³/mol. The molecule has 1 aromatic carbocycles. The van der Waals surface area contributed by atoms with Crippen LogP contribution in [0, 0.1) is 0 Å². The molecule has 0 aliphatic heterocycles. The lowest BCUT2D eigenvalue weighted by Crippen LogP contribution is -2.60. The zero-order valence-corrected chi connectivity index (χ0v) is 52.7. The first-order valence-corrected chi connectivity index (χ1v) is 30.5. The number of aliphatic imine (C=N–C) groups is 4. The van der Waals surface area contributed by atoms with E-state index >= 15 is 0 Å². The Hall–Kier alpha value is -9.89. The number of carbonyl (C=O) groups is 11. The molecule has 39 nitrogen and oxygen atoms in total. The van der Waals surface area contributed by atoms with E-state index in [1.165, 1.54) is 24.3 Å². The van der Waals surface area contributed by atoms with Crippen molar-refractivity contribution in [3.63, 3.8) is 0 Å². The molecule has 39 heteroatoms. The van der Waals surface area contributed by atoms with Crippen molar-refractivity contribution >= 4 is 88.9 Å². The molecule has 36 N–H and O–H groups in total. The lowest BCUT2D eigenvalue weighted by Gasteiger charge is -2.28. The van der Waals surface area contributed by atoms with Crippen LogP contribution in [0.3, 0.4) is 0 Å². The van der Waals surface area contributed by atoms with Crippen LogP contribution in [0.25, 0.3) is 0 Å². The van der Waals surface area contributed by atoms with Crippen LogP contribution < -0.4 is 117 Å². The SMILES string of the molecule is NCCCC[C@H](NC(=O)[C@H](CCCN=C(N)N)NC(=O)CNC(=O)[C@H](Cc1ccc(O)cc1)NC(=O)[C@@H](N)CO)C(=O)N[C@@H](CCCCN)C(=O)N[C@@H](CCCN=C(N)N)C(=O)N[C@@H](CCCN=C(N)N)C(=O)N[C@@H](CCC(N)=O)C(=O)N[C@@H](CCCN=C(N)N)C(=O)O. The second-order valence-corrected chi connectivity index (χ2v) is 21.6. The number of carboxylic acids is 1. The number of nitrogens with zero attached hydrogens (tertiary/aromatic N) is 4. The number of aliphatic carboxylic acids is 1. The molecule has 0 radical (unpaired) electrons. The minimum Gasteiger partial charge on any atom is -0.508 e. The summed E-state index contributed by atoms with van der Waals surface area (Å²) < 4.78 is 0. The average Bonchev–Trinajstić information content (AvgIpc) is 0.933. The Morgan fingerprint density at radius 2 is 0.723 bits per heavy atom. The largest absolute Gasteiger partial charge is 0.508 e. The summed E-state index contributed by atoms with van der Waals surface area (Å²) in [7, 11) is 0. The summed E-state index contributed by atoms with van der Waals surface area (Å²) in [6, 6.07) is -7.49. The highest BCUT2D eigenvalue weighted by Gasteiger charge is 2.35. The Morgan fingerprint density at radius 1 is 0.404 bits per heavy atom. The number of nitrogens with one attached hydrogen (secondary N) is 9. The first-order valence-electron chi connectivity index (χ1n) is 30.5. The third kappa shape index (κ3) is 36.2. The van der Waals surface area contributed by atoms with Crippen molar-refractivity contribution in [3.8, 4) is 5.75 Å². The second kappa shape index (κ2) is 46.2. The van der Waals surface area contributed by atoms with Crippen LogP contribution in [0.2, 0.25) is 0 Å². The molecule has 0 aliphatic carbocycles. The molecule has 0 heterocycles. The maximum absolute atomic E-state index is 14.6. The summed E-state index contributed by atoms with van der Waals surface area (Å²) in [6.45, 7) is -1.24. The molecule has 0 fully saturated rings. The van der Waals surface area contributed by atoms with Crippen LogP contribution in [0.15, 0.2) is 44.2 Å². The zero-order chi connectivity index (χ0) is 70.7. The Balaban J connectivity index is 3.72. The Bertz CT molecular complexity index is 2720. The Labute approximate surface area is 543 Å². The number of phenolic OH excluding ortho intramolecular Hbond substituents is 1. The fourth-order valence-corrected chi connectivity index (χ4v) is 8.77. The molecular formula is C55H99N25O14. The van der Waals surface area contributed by atoms with Gasteiger partial charge in [-0.3, -0.25) is 67.9 Å². The van der Waals surface area contributed by atoms with Crippen LogP contribution >= 0.6 is 0 Å². The summed E-state index contributed by atoms with van der Waals surface area (Å²) in [5.74, 6) is -11.9. The van der Waals surface area contributed by atoms with Gasteiger partial charge in [0.05, 0.1) is 13.2 Å². The number of carbonyl (C=O) groups excluding carboxylic acids is 10. The number of hydrogen-bond acceptors (Lipinski definition) is 20. The van der Waals surface area contributed by atoms with Gasteiger partial charge >= 0.3 is 5.97 Å². The van der Waals surface area contributed by atoms with Gasteiger partial charge in [-0.1, -0.05) is 12.1 Å². The summed E-state index contributed by atoms with van der Waals surface area (Å²) in [5, 5.41) is 51.8. The number of unbranched alkanes of at least 4 members (excludes halogenated alkanes) is 2. The maximum Gasteiger partial charge on any atom is 0.326 e. The van der Waals surface area contributed by atoms with Crippen molar-refractivity contribution in [1.82, 2.24) is 47.9 Å². The van der Waals surface area contributed by atoms with Crippen LogP contribution in [0.4, 0.5) is 0 Å². The number of primary amides is 1. The Morgan fingerprint density at radius 3 is 1.05 bits per heavy atom. The van der Waals surface area contributed by atoms with Gasteiger partial charge in [-0.2, -0.15) is 0 Å². The number of hydrogen-bond donors (Lipinski definition) is 24. The van der Waals surface area contributed by atoms with E-state index in [4.69, 9.17) is 68.8 Å². The highest BCUT2D eigenvalue weighted by atomic mass is 16.4. The van der Waals surface area contributed by atoms with E-state index in [2.05, 4.69) is 67.8 Å². The Kier molecular flexibility index (Phi) is 40.4. The molecule has 0 spiro atoms. The number of nitrogens with two attached hydrogens (primary N) is 12. The number of guanidine groups is 4. The summed E-state index contributed by atoms with van der Waals surface area (Å²) >= 11 is 0. The fourth-order valence-electron chi connectivity index (χ4n) is 8.77. The van der Waals surface area contributed by atoms with E-state index in [-0.39, 0.29) is 152 Å². The van der Waals surface area contributed by atoms with Crippen molar-refractivity contribution in [3.05, 3.63) is 29.8 Å². The van der Waals surface area contributed by atoms with Gasteiger partial charge in [0.15, 0.2) is 23.8 Å². The van der Waals surface area contributed by atoms with Gasteiger partial charge < -0.3 is 132 Å². The average molecular weight is 1330 g/mol. The lowest BCUT2D eigenvalue weighted by molar-refractivity contribution is -0.142. The molecule has 9 atom stereocenters. The van der Waals surface area contributed by atoms with Crippen molar-refractivity contribution < 1.29 is 68.1 Å². The molecule has 0 bridgehead atoms. The summed E-state index contributed by atoms with van der Waals surface area (Å²) in [4.78, 5) is 165. The van der Waals surface area contributed by atoms with E-state index in [9.17, 15) is 68.1 Å². The quantitative estimate of drug-likeness (QED) is 0.0164. The molecule has 528 valence electrons. The molecular weight excluding hydrogens is 1230 g/mol. The van der Waals surface area contributed by atoms with Crippen molar-refractivity contribution in [2.45, 2.75) is 164 Å². The van der Waals surface area contributed by atoms with Gasteiger partial charge in [0.25, 0.3) is 0 Å². The van der Waals surface area contributed by atoms with Crippen LogP contribution in [-0.4, -0.2) is 211 Å². The number of amides is 10. The molecule has 1 rings (SSSR count). The third-order valence-electron chi connectivity index (χ3n) is 13.8. The molecule has 0 aliphatic rings. The number of phenols is 1. The van der Waals surface area contributed by atoms with Crippen molar-refractivity contribution in [2.24, 2.45) is 88.8 Å². The minimum absolute atomic E-state index is 0.00679. The van der Waals surface area contributed by atoms with Gasteiger partial charge in [-0.25, -0.2) is 4.79 Å². The van der Waals surface area contributed by atoms with Crippen molar-refractivity contribution in [2.75, 3.05) is 52.4 Å². The molecule has 10 amide bonds. The van der Waals surface area contributed by atoms with Gasteiger partial charge in [-0.15, -0.1) is 0 Å². The standard InChI is InChI=1S/C55H99N25O14/c56-21-3-1-9-34(74-45(87)33(11-5-23-68-52(60)61)73-42(84)28-72-44(86)40(80-43(85)32(58)29-81)27-30-15-17-31(82)18-16-30)46(88)75-35(10-2-4-22-57)47(89)76-36(12-6-24-69-53(62)63)48(90)77-37(13-7-25-70-54(64)65)49(91)78-38(19-20-41(59)83)50(92)79-39(51(93)94)14-8-26-71-55(66)67/h15-18,32-40,81-82H,1-14,19-29,56-58H2,(H2,59,83)(H,72,86)(H,73,84)(H,74,87)(H,75,88)(H,76,89)(H,77,90)(H,78,91)(H,79,92)(H,80,85)(H,93,94)(H4,60,61,68)(H4,62,63,69)(H4,64,65,70)(H4,66,67,71)/t32-,33-,34-,35-,36-,37-,38-,39-,40-/m0/s1. The molecule has 0 unspecified atom stereocenters. The van der Waals surface area contributed by atoms with Crippen LogP contribution in [0.5, 0.6) is 5.75 Å². The predicted octanol–water partition coefficient (Wildman–Crippen LogP) is -9.93. The lowest BCUT2D eigenvalue weighted by atomic mass is 10.0. The van der Waals surface area contributed by atoms with Gasteiger partial charge in [0.2, 0.25) is 59.1 Å². The number of aliphatic hydroxyl groups excluding tert-OH is 1. The highest BCUT2D eigenvalue weighted by Crippen LogP contribution is 2.14. The highest BCUT2D eigenvalue weighted by molar-refractivity contribution is 5.98. The number of aromatic hydroxyl groups is 1. The van der Waals surface area contributed by atoms with E-state index in [1.54, 1.807) is 0 Å². The normalized spacial score (nSPS) is 13.7. The third-order valence-corrected chi connectivity index (χ3v) is 13.8. The fraction of sp³-hybridized carbons (Fsp3) is 0.618. The molecule has 1 aromatic rings. The van der Waals surface area contributed by atoms with E-state index in [0.29, 0.717) is 18.4 Å². The summed E-state index contributed by atoms with van der Waals surface area (Å²) in [5.41, 5.74) is 67.0. The molecule has 0 saturated heterocycles.